The van der Waals surface area contributed by atoms with Crippen LogP contribution in [0.25, 0.3) is 0 Å². The Morgan fingerprint density at radius 3 is 2.92 bits per heavy atom. The van der Waals surface area contributed by atoms with Gasteiger partial charge in [0.1, 0.15) is 5.75 Å². The lowest BCUT2D eigenvalue weighted by Gasteiger charge is -2.08. The van der Waals surface area contributed by atoms with Crippen molar-refractivity contribution < 1.29 is 9.47 Å². The summed E-state index contributed by atoms with van der Waals surface area (Å²) in [6, 6.07) is 5.47. The van der Waals surface area contributed by atoms with E-state index in [-0.39, 0.29) is 6.79 Å². The monoisotopic (exact) mass is 245 g/mol. The average molecular weight is 246 g/mol. The first-order chi connectivity index (χ1) is 6.25. The van der Waals surface area contributed by atoms with Gasteiger partial charge in [-0.25, -0.2) is 0 Å². The molecule has 2 N–H and O–H groups in total. The minimum Gasteiger partial charge on any atom is -0.466 e. The first kappa shape index (κ1) is 10.3. The molecule has 0 fully saturated rings. The fraction of sp³-hybridized carbons (Fsp3) is 0.333. The topological polar surface area (TPSA) is 44.5 Å². The summed E-state index contributed by atoms with van der Waals surface area (Å²) < 4.78 is 11.1. The summed E-state index contributed by atoms with van der Waals surface area (Å²) in [4.78, 5) is 0. The Morgan fingerprint density at radius 1 is 1.46 bits per heavy atom. The third kappa shape index (κ3) is 2.90. The summed E-state index contributed by atoms with van der Waals surface area (Å²) in [5.74, 6) is 0.702. The first-order valence-corrected chi connectivity index (χ1v) is 4.79. The number of benzene rings is 1. The van der Waals surface area contributed by atoms with Gasteiger partial charge in [-0.3, -0.25) is 0 Å². The molecule has 72 valence electrons. The van der Waals surface area contributed by atoms with Crippen LogP contribution in [-0.2, 0) is 4.74 Å². The Morgan fingerprint density at radius 2 is 2.23 bits per heavy atom. The summed E-state index contributed by atoms with van der Waals surface area (Å²) >= 11 is 3.33. The number of nitrogen functional groups attached to an aromatic ring is 1. The summed E-state index contributed by atoms with van der Waals surface area (Å²) in [6.45, 7) is 2.80. The van der Waals surface area contributed by atoms with Crippen LogP contribution in [0.2, 0.25) is 0 Å². The summed E-state index contributed by atoms with van der Waals surface area (Å²) in [6.07, 6.45) is 0. The smallest absolute Gasteiger partial charge is 0.189 e. The van der Waals surface area contributed by atoms with Gasteiger partial charge in [0.2, 0.25) is 0 Å². The molecule has 4 heteroatoms. The Hall–Kier alpha value is -0.740. The highest BCUT2D eigenvalue weighted by Gasteiger charge is 2.02. The van der Waals surface area contributed by atoms with E-state index in [4.69, 9.17) is 15.2 Å². The van der Waals surface area contributed by atoms with Crippen LogP contribution >= 0.6 is 15.9 Å². The van der Waals surface area contributed by atoms with Crippen molar-refractivity contribution in [3.05, 3.63) is 22.7 Å². The Labute approximate surface area is 86.0 Å². The molecular weight excluding hydrogens is 234 g/mol. The Kier molecular flexibility index (Phi) is 4.05. The van der Waals surface area contributed by atoms with E-state index < -0.39 is 0 Å². The minimum atomic E-state index is 0.249. The van der Waals surface area contributed by atoms with E-state index in [0.717, 1.165) is 4.47 Å². The number of hydrogen-bond donors (Lipinski definition) is 1. The van der Waals surface area contributed by atoms with E-state index in [1.165, 1.54) is 0 Å². The molecule has 0 aliphatic rings. The van der Waals surface area contributed by atoms with Gasteiger partial charge in [-0.2, -0.15) is 0 Å². The highest BCUT2D eigenvalue weighted by atomic mass is 79.9. The Bertz CT molecular complexity index is 278. The van der Waals surface area contributed by atoms with Crippen LogP contribution < -0.4 is 10.5 Å². The standard InChI is InChI=1S/C9H12BrNO2/c1-2-12-6-13-8-5-3-4-7(11)9(8)10/h3-5H,2,6,11H2,1H3. The highest BCUT2D eigenvalue weighted by Crippen LogP contribution is 2.30. The lowest BCUT2D eigenvalue weighted by atomic mass is 10.3. The molecule has 0 saturated heterocycles. The highest BCUT2D eigenvalue weighted by molar-refractivity contribution is 9.10. The van der Waals surface area contributed by atoms with Crippen LogP contribution in [0.5, 0.6) is 5.75 Å². The molecular formula is C9H12BrNO2. The van der Waals surface area contributed by atoms with Crippen molar-refractivity contribution in [2.24, 2.45) is 0 Å². The normalized spacial score (nSPS) is 10.0. The van der Waals surface area contributed by atoms with Crippen molar-refractivity contribution in [1.82, 2.24) is 0 Å². The summed E-state index contributed by atoms with van der Waals surface area (Å²) in [7, 11) is 0. The van der Waals surface area contributed by atoms with Crippen molar-refractivity contribution >= 4 is 21.6 Å². The van der Waals surface area contributed by atoms with Crippen LogP contribution in [-0.4, -0.2) is 13.4 Å². The maximum Gasteiger partial charge on any atom is 0.189 e. The van der Waals surface area contributed by atoms with Crippen molar-refractivity contribution in [3.8, 4) is 5.75 Å². The molecule has 0 spiro atoms. The summed E-state index contributed by atoms with van der Waals surface area (Å²) in [5, 5.41) is 0. The lowest BCUT2D eigenvalue weighted by Crippen LogP contribution is -2.03. The number of nitrogens with two attached hydrogens (primary N) is 1. The van der Waals surface area contributed by atoms with Crippen molar-refractivity contribution in [2.75, 3.05) is 19.1 Å². The summed E-state index contributed by atoms with van der Waals surface area (Å²) in [5.41, 5.74) is 6.32. The second kappa shape index (κ2) is 5.09. The van der Waals surface area contributed by atoms with E-state index in [9.17, 15) is 0 Å². The van der Waals surface area contributed by atoms with Gasteiger partial charge in [-0.05, 0) is 35.0 Å². The van der Waals surface area contributed by atoms with Gasteiger partial charge in [0.25, 0.3) is 0 Å². The van der Waals surface area contributed by atoms with Gasteiger partial charge in [-0.1, -0.05) is 6.07 Å². The molecule has 0 aromatic heterocycles. The van der Waals surface area contributed by atoms with E-state index in [2.05, 4.69) is 15.9 Å². The first-order valence-electron chi connectivity index (χ1n) is 4.00. The average Bonchev–Trinajstić information content (AvgIpc) is 2.13. The zero-order valence-electron chi connectivity index (χ0n) is 7.42. The zero-order chi connectivity index (χ0) is 9.68. The van der Waals surface area contributed by atoms with Crippen LogP contribution in [0.1, 0.15) is 6.92 Å². The predicted molar refractivity (Wildman–Crippen MR) is 55.7 cm³/mol. The van der Waals surface area contributed by atoms with Gasteiger partial charge in [0.15, 0.2) is 6.79 Å². The molecule has 0 aliphatic heterocycles. The number of ether oxygens (including phenoxy) is 2. The molecule has 0 saturated carbocycles. The molecule has 13 heavy (non-hydrogen) atoms. The van der Waals surface area contributed by atoms with E-state index in [1.807, 2.05) is 19.1 Å². The van der Waals surface area contributed by atoms with Crippen LogP contribution in [0.4, 0.5) is 5.69 Å². The van der Waals surface area contributed by atoms with Gasteiger partial charge in [0.05, 0.1) is 4.47 Å². The van der Waals surface area contributed by atoms with Gasteiger partial charge in [-0.15, -0.1) is 0 Å². The Balaban J connectivity index is 2.61. The minimum absolute atomic E-state index is 0.249. The van der Waals surface area contributed by atoms with E-state index in [1.54, 1.807) is 6.07 Å². The zero-order valence-corrected chi connectivity index (χ0v) is 9.00. The van der Waals surface area contributed by atoms with E-state index >= 15 is 0 Å². The SMILES string of the molecule is CCOCOc1cccc(N)c1Br. The molecule has 0 atom stereocenters. The number of hydrogen-bond acceptors (Lipinski definition) is 3. The molecule has 0 bridgehead atoms. The molecule has 0 amide bonds. The molecule has 0 heterocycles. The fourth-order valence-corrected chi connectivity index (χ4v) is 1.21. The lowest BCUT2D eigenvalue weighted by molar-refractivity contribution is 0.0220. The largest absolute Gasteiger partial charge is 0.466 e. The third-order valence-corrected chi connectivity index (χ3v) is 2.34. The van der Waals surface area contributed by atoms with Crippen molar-refractivity contribution in [1.29, 1.82) is 0 Å². The molecule has 3 nitrogen and oxygen atoms in total. The molecule has 1 aromatic carbocycles. The number of halogens is 1. The molecule has 0 unspecified atom stereocenters. The van der Waals surface area contributed by atoms with Crippen LogP contribution in [0.15, 0.2) is 22.7 Å². The molecule has 0 radical (unpaired) electrons. The second-order valence-corrected chi connectivity index (χ2v) is 3.21. The maximum atomic E-state index is 5.66. The van der Waals surface area contributed by atoms with Gasteiger partial charge < -0.3 is 15.2 Å². The third-order valence-electron chi connectivity index (χ3n) is 1.50. The molecule has 0 aliphatic carbocycles. The van der Waals surface area contributed by atoms with Gasteiger partial charge >= 0.3 is 0 Å². The van der Waals surface area contributed by atoms with Crippen LogP contribution in [0.3, 0.4) is 0 Å². The molecule has 1 aromatic rings. The predicted octanol–water partition coefficient (Wildman–Crippen LogP) is 2.40. The number of anilines is 1. The van der Waals surface area contributed by atoms with Crippen molar-refractivity contribution in [2.45, 2.75) is 6.92 Å². The maximum absolute atomic E-state index is 5.66. The molecule has 1 rings (SSSR count). The second-order valence-electron chi connectivity index (χ2n) is 2.41. The van der Waals surface area contributed by atoms with E-state index in [0.29, 0.717) is 18.0 Å². The van der Waals surface area contributed by atoms with Gasteiger partial charge in [0, 0.05) is 12.3 Å². The number of rotatable bonds is 4. The fourth-order valence-electron chi connectivity index (χ4n) is 0.828. The van der Waals surface area contributed by atoms with Crippen LogP contribution in [0, 0.1) is 0 Å². The van der Waals surface area contributed by atoms with Crippen molar-refractivity contribution in [3.63, 3.8) is 0 Å². The quantitative estimate of drug-likeness (QED) is 0.504.